The first kappa shape index (κ1) is 15.0. The molecule has 0 aromatic carbocycles. The third kappa shape index (κ3) is 4.01. The lowest BCUT2D eigenvalue weighted by molar-refractivity contribution is 0.0928. The molecule has 1 fully saturated rings. The molecular weight excluding hydrogens is 352 g/mol. The molecule has 8 heteroatoms. The first-order chi connectivity index (χ1) is 8.86. The number of thiophene rings is 1. The number of sulfonamides is 1. The van der Waals surface area contributed by atoms with Gasteiger partial charge in [-0.25, -0.2) is 12.7 Å². The van der Waals surface area contributed by atoms with Crippen LogP contribution in [0.1, 0.15) is 22.5 Å². The SMILES string of the molecule is CS(=O)(=O)N1CCC(NC(=O)c2ccc(Br)s2)CC1. The van der Waals surface area contributed by atoms with Crippen molar-refractivity contribution in [1.82, 2.24) is 9.62 Å². The summed E-state index contributed by atoms with van der Waals surface area (Å²) < 4.78 is 25.1. The number of nitrogens with zero attached hydrogens (tertiary/aromatic N) is 1. The fourth-order valence-corrected chi connectivity index (χ4v) is 4.19. The Bertz CT molecular complexity index is 562. The summed E-state index contributed by atoms with van der Waals surface area (Å²) in [6.07, 6.45) is 2.53. The molecule has 2 rings (SSSR count). The smallest absolute Gasteiger partial charge is 0.261 e. The number of amides is 1. The van der Waals surface area contributed by atoms with Gasteiger partial charge in [-0.05, 0) is 40.9 Å². The maximum Gasteiger partial charge on any atom is 0.261 e. The molecule has 1 aliphatic heterocycles. The van der Waals surface area contributed by atoms with E-state index in [1.807, 2.05) is 6.07 Å². The summed E-state index contributed by atoms with van der Waals surface area (Å²) in [5, 5.41) is 2.95. The predicted octanol–water partition coefficient (Wildman–Crippen LogP) is 1.66. The molecule has 1 saturated heterocycles. The summed E-state index contributed by atoms with van der Waals surface area (Å²) in [7, 11) is -3.11. The van der Waals surface area contributed by atoms with Crippen LogP contribution in [0, 0.1) is 0 Å². The highest BCUT2D eigenvalue weighted by Gasteiger charge is 2.26. The van der Waals surface area contributed by atoms with Gasteiger partial charge in [0.25, 0.3) is 5.91 Å². The van der Waals surface area contributed by atoms with Gasteiger partial charge in [0.1, 0.15) is 0 Å². The third-order valence-electron chi connectivity index (χ3n) is 3.06. The molecule has 0 unspecified atom stereocenters. The molecule has 19 heavy (non-hydrogen) atoms. The van der Waals surface area contributed by atoms with Gasteiger partial charge in [0.05, 0.1) is 14.9 Å². The molecule has 0 saturated carbocycles. The van der Waals surface area contributed by atoms with E-state index < -0.39 is 10.0 Å². The zero-order chi connectivity index (χ0) is 14.0. The molecule has 1 aromatic heterocycles. The van der Waals surface area contributed by atoms with Gasteiger partial charge in [-0.1, -0.05) is 0 Å². The maximum absolute atomic E-state index is 12.0. The molecule has 5 nitrogen and oxygen atoms in total. The number of carbonyl (C=O) groups excluding carboxylic acids is 1. The zero-order valence-electron chi connectivity index (χ0n) is 10.4. The number of hydrogen-bond acceptors (Lipinski definition) is 4. The molecule has 1 N–H and O–H groups in total. The number of nitrogens with one attached hydrogen (secondary N) is 1. The second-order valence-electron chi connectivity index (χ2n) is 4.51. The Balaban J connectivity index is 1.88. The molecule has 0 radical (unpaired) electrons. The lowest BCUT2D eigenvalue weighted by atomic mass is 10.1. The van der Waals surface area contributed by atoms with Crippen molar-refractivity contribution in [3.8, 4) is 0 Å². The summed E-state index contributed by atoms with van der Waals surface area (Å²) in [4.78, 5) is 12.6. The van der Waals surface area contributed by atoms with Crippen LogP contribution in [0.4, 0.5) is 0 Å². The van der Waals surface area contributed by atoms with E-state index in [0.29, 0.717) is 30.8 Å². The molecule has 1 aliphatic rings. The second-order valence-corrected chi connectivity index (χ2v) is 8.96. The molecule has 0 spiro atoms. The van der Waals surface area contributed by atoms with Crippen molar-refractivity contribution in [3.63, 3.8) is 0 Å². The van der Waals surface area contributed by atoms with Crippen molar-refractivity contribution in [1.29, 1.82) is 0 Å². The van der Waals surface area contributed by atoms with Gasteiger partial charge in [-0.3, -0.25) is 4.79 Å². The summed E-state index contributed by atoms with van der Waals surface area (Å²) >= 11 is 4.71. The van der Waals surface area contributed by atoms with Gasteiger partial charge in [-0.2, -0.15) is 0 Å². The number of hydrogen-bond donors (Lipinski definition) is 1. The zero-order valence-corrected chi connectivity index (χ0v) is 13.6. The predicted molar refractivity (Wildman–Crippen MR) is 78.9 cm³/mol. The molecule has 0 aliphatic carbocycles. The summed E-state index contributed by atoms with van der Waals surface area (Å²) in [6.45, 7) is 0.940. The molecule has 0 atom stereocenters. The van der Waals surface area contributed by atoms with Crippen LogP contribution in [0.3, 0.4) is 0 Å². The summed E-state index contributed by atoms with van der Waals surface area (Å²) in [5.74, 6) is -0.0893. The van der Waals surface area contributed by atoms with Crippen LogP contribution >= 0.6 is 27.3 Å². The minimum atomic E-state index is -3.11. The monoisotopic (exact) mass is 366 g/mol. The van der Waals surface area contributed by atoms with Crippen molar-refractivity contribution in [3.05, 3.63) is 20.8 Å². The molecular formula is C11H15BrN2O3S2. The number of halogens is 1. The van der Waals surface area contributed by atoms with Crippen molar-refractivity contribution < 1.29 is 13.2 Å². The minimum Gasteiger partial charge on any atom is -0.349 e. The quantitative estimate of drug-likeness (QED) is 0.884. The molecule has 2 heterocycles. The lowest BCUT2D eigenvalue weighted by Gasteiger charge is -2.30. The van der Waals surface area contributed by atoms with Gasteiger partial charge in [-0.15, -0.1) is 11.3 Å². The van der Waals surface area contributed by atoms with Crippen LogP contribution in [-0.2, 0) is 10.0 Å². The van der Waals surface area contributed by atoms with Gasteiger partial charge in [0, 0.05) is 19.1 Å². The highest BCUT2D eigenvalue weighted by atomic mass is 79.9. The van der Waals surface area contributed by atoms with Crippen LogP contribution in [0.2, 0.25) is 0 Å². The van der Waals surface area contributed by atoms with Gasteiger partial charge in [0.15, 0.2) is 0 Å². The average molecular weight is 367 g/mol. The van der Waals surface area contributed by atoms with E-state index in [1.54, 1.807) is 6.07 Å². The van der Waals surface area contributed by atoms with E-state index in [9.17, 15) is 13.2 Å². The highest BCUT2D eigenvalue weighted by molar-refractivity contribution is 9.11. The Kier molecular flexibility index (Phi) is 4.65. The standard InChI is InChI=1S/C11H15BrN2O3S2/c1-19(16,17)14-6-4-8(5-7-14)13-11(15)9-2-3-10(12)18-9/h2-3,8H,4-7H2,1H3,(H,13,15). The van der Waals surface area contributed by atoms with Crippen LogP contribution < -0.4 is 5.32 Å². The topological polar surface area (TPSA) is 66.5 Å². The second kappa shape index (κ2) is 5.90. The Labute approximate surface area is 125 Å². The first-order valence-corrected chi connectivity index (χ1v) is 9.33. The highest BCUT2D eigenvalue weighted by Crippen LogP contribution is 2.22. The largest absolute Gasteiger partial charge is 0.349 e. The fraction of sp³-hybridized carbons (Fsp3) is 0.545. The average Bonchev–Trinajstić information content (AvgIpc) is 2.75. The molecule has 1 amide bonds. The van der Waals surface area contributed by atoms with Crippen molar-refractivity contribution in [2.24, 2.45) is 0 Å². The number of piperidine rings is 1. The van der Waals surface area contributed by atoms with E-state index in [4.69, 9.17) is 0 Å². The maximum atomic E-state index is 12.0. The van der Waals surface area contributed by atoms with E-state index in [2.05, 4.69) is 21.2 Å². The Morgan fingerprint density at radius 3 is 2.53 bits per heavy atom. The van der Waals surface area contributed by atoms with Crippen LogP contribution in [0.25, 0.3) is 0 Å². The minimum absolute atomic E-state index is 0.0476. The lowest BCUT2D eigenvalue weighted by Crippen LogP contribution is -2.46. The fourth-order valence-electron chi connectivity index (χ4n) is 2.02. The van der Waals surface area contributed by atoms with Crippen molar-refractivity contribution in [2.45, 2.75) is 18.9 Å². The van der Waals surface area contributed by atoms with E-state index in [-0.39, 0.29) is 11.9 Å². The van der Waals surface area contributed by atoms with Crippen molar-refractivity contribution >= 4 is 43.2 Å². The van der Waals surface area contributed by atoms with Gasteiger partial charge >= 0.3 is 0 Å². The van der Waals surface area contributed by atoms with Crippen LogP contribution in [0.5, 0.6) is 0 Å². The Morgan fingerprint density at radius 2 is 2.05 bits per heavy atom. The summed E-state index contributed by atoms with van der Waals surface area (Å²) in [5.41, 5.74) is 0. The van der Waals surface area contributed by atoms with E-state index >= 15 is 0 Å². The Morgan fingerprint density at radius 1 is 1.42 bits per heavy atom. The molecule has 1 aromatic rings. The summed E-state index contributed by atoms with van der Waals surface area (Å²) in [6, 6.07) is 3.66. The number of rotatable bonds is 3. The normalized spacial score (nSPS) is 18.4. The third-order valence-corrected chi connectivity index (χ3v) is 5.98. The van der Waals surface area contributed by atoms with E-state index in [0.717, 1.165) is 3.79 Å². The van der Waals surface area contributed by atoms with Gasteiger partial charge < -0.3 is 5.32 Å². The molecule has 0 bridgehead atoms. The number of carbonyl (C=O) groups is 1. The molecule has 106 valence electrons. The van der Waals surface area contributed by atoms with Crippen molar-refractivity contribution in [2.75, 3.05) is 19.3 Å². The first-order valence-electron chi connectivity index (χ1n) is 5.87. The van der Waals surface area contributed by atoms with Gasteiger partial charge in [0.2, 0.25) is 10.0 Å². The van der Waals surface area contributed by atoms with E-state index in [1.165, 1.54) is 21.9 Å². The van der Waals surface area contributed by atoms with Crippen LogP contribution in [-0.4, -0.2) is 44.0 Å². The Hall–Kier alpha value is -0.440. The van der Waals surface area contributed by atoms with Crippen LogP contribution in [0.15, 0.2) is 15.9 Å².